The third-order valence-electron chi connectivity index (χ3n) is 4.21. The van der Waals surface area contributed by atoms with Crippen molar-refractivity contribution in [3.05, 3.63) is 83.7 Å². The molecule has 0 aliphatic rings. The molecule has 134 valence electrons. The summed E-state index contributed by atoms with van der Waals surface area (Å²) in [6, 6.07) is 21.7. The van der Waals surface area contributed by atoms with Gasteiger partial charge < -0.3 is 4.42 Å². The lowest BCUT2D eigenvalue weighted by Gasteiger charge is -2.03. The smallest absolute Gasteiger partial charge is 0.322 e. The number of hydrogen-bond acceptors (Lipinski definition) is 5. The molecule has 1 heterocycles. The largest absolute Gasteiger partial charge is 0.407 e. The molecule has 0 atom stereocenters. The summed E-state index contributed by atoms with van der Waals surface area (Å²) in [7, 11) is 0. The third kappa shape index (κ3) is 4.01. The fraction of sp³-hybridized carbons (Fsp3) is 0.0952. The van der Waals surface area contributed by atoms with Crippen LogP contribution < -0.4 is 5.32 Å². The number of hydrogen-bond donors (Lipinski definition) is 1. The molecule has 0 aliphatic heterocycles. The van der Waals surface area contributed by atoms with Crippen LogP contribution in [0, 0.1) is 0 Å². The van der Waals surface area contributed by atoms with Crippen LogP contribution in [0.5, 0.6) is 0 Å². The number of rotatable bonds is 5. The van der Waals surface area contributed by atoms with Crippen LogP contribution in [0.15, 0.2) is 76.0 Å². The number of thioether (sulfide) groups is 1. The van der Waals surface area contributed by atoms with E-state index in [-0.39, 0.29) is 11.9 Å². The predicted octanol–water partition coefficient (Wildman–Crippen LogP) is 4.79. The zero-order valence-corrected chi connectivity index (χ0v) is 15.5. The molecule has 0 saturated heterocycles. The highest BCUT2D eigenvalue weighted by molar-refractivity contribution is 7.98. The van der Waals surface area contributed by atoms with E-state index < -0.39 is 0 Å². The summed E-state index contributed by atoms with van der Waals surface area (Å²) in [4.78, 5) is 13.7. The van der Waals surface area contributed by atoms with Crippen LogP contribution in [0.2, 0.25) is 0 Å². The molecule has 0 unspecified atom stereocenters. The molecule has 0 bridgehead atoms. The Morgan fingerprint density at radius 2 is 1.78 bits per heavy atom. The van der Waals surface area contributed by atoms with E-state index in [0.717, 1.165) is 16.3 Å². The first-order chi connectivity index (χ1) is 13.2. The highest BCUT2D eigenvalue weighted by Crippen LogP contribution is 2.19. The van der Waals surface area contributed by atoms with E-state index in [1.165, 1.54) is 4.90 Å². The number of amides is 1. The van der Waals surface area contributed by atoms with Crippen LogP contribution in [0.3, 0.4) is 0 Å². The van der Waals surface area contributed by atoms with Gasteiger partial charge in [0.1, 0.15) is 0 Å². The molecule has 1 aromatic heterocycles. The molecule has 4 rings (SSSR count). The lowest BCUT2D eigenvalue weighted by atomic mass is 10.1. The number of carbonyl (C=O) groups is 1. The molecule has 0 spiro atoms. The second-order valence-corrected chi connectivity index (χ2v) is 6.92. The van der Waals surface area contributed by atoms with Crippen molar-refractivity contribution in [1.82, 2.24) is 10.2 Å². The first-order valence-corrected chi connectivity index (χ1v) is 9.69. The van der Waals surface area contributed by atoms with Crippen molar-refractivity contribution in [2.75, 3.05) is 11.6 Å². The lowest BCUT2D eigenvalue weighted by Crippen LogP contribution is -2.12. The Morgan fingerprint density at radius 1 is 1.00 bits per heavy atom. The molecule has 27 heavy (non-hydrogen) atoms. The van der Waals surface area contributed by atoms with Gasteiger partial charge >= 0.3 is 6.01 Å². The Hall–Kier alpha value is -3.12. The van der Waals surface area contributed by atoms with Gasteiger partial charge in [-0.3, -0.25) is 10.1 Å². The number of nitrogens with one attached hydrogen (secondary N) is 1. The molecule has 0 aliphatic carbocycles. The monoisotopic (exact) mass is 375 g/mol. The molecule has 1 amide bonds. The minimum atomic E-state index is -0.278. The van der Waals surface area contributed by atoms with E-state index >= 15 is 0 Å². The average molecular weight is 375 g/mol. The van der Waals surface area contributed by atoms with Gasteiger partial charge in [0.05, 0.1) is 6.42 Å². The summed E-state index contributed by atoms with van der Waals surface area (Å²) in [5.41, 5.74) is 1.62. The van der Waals surface area contributed by atoms with Gasteiger partial charge in [-0.15, -0.1) is 16.9 Å². The standard InChI is InChI=1S/C21H17N3O2S/c1-27-18-10-6-14(7-11-18)12-19-23-24-21(26-19)22-20(25)17-9-8-15-4-2-3-5-16(15)13-17/h2-11,13H,12H2,1H3,(H,22,24,25). The van der Waals surface area contributed by atoms with Crippen LogP contribution >= 0.6 is 11.8 Å². The number of aromatic nitrogens is 2. The van der Waals surface area contributed by atoms with Crippen LogP contribution in [0.25, 0.3) is 10.8 Å². The summed E-state index contributed by atoms with van der Waals surface area (Å²) in [6.45, 7) is 0. The van der Waals surface area contributed by atoms with Gasteiger partial charge in [-0.2, -0.15) is 0 Å². The fourth-order valence-corrected chi connectivity index (χ4v) is 3.20. The van der Waals surface area contributed by atoms with Crippen LogP contribution in [0.1, 0.15) is 21.8 Å². The van der Waals surface area contributed by atoms with Crippen molar-refractivity contribution in [2.24, 2.45) is 0 Å². The minimum Gasteiger partial charge on any atom is -0.407 e. The van der Waals surface area contributed by atoms with E-state index in [1.54, 1.807) is 17.8 Å². The Morgan fingerprint density at radius 3 is 2.56 bits per heavy atom. The fourth-order valence-electron chi connectivity index (χ4n) is 2.79. The lowest BCUT2D eigenvalue weighted by molar-refractivity contribution is 0.102. The number of carbonyl (C=O) groups excluding carboxylic acids is 1. The molecule has 6 heteroatoms. The van der Waals surface area contributed by atoms with E-state index in [1.807, 2.05) is 54.8 Å². The molecule has 3 aromatic carbocycles. The maximum absolute atomic E-state index is 12.5. The highest BCUT2D eigenvalue weighted by atomic mass is 32.2. The SMILES string of the molecule is CSc1ccc(Cc2nnc(NC(=O)c3ccc4ccccc4c3)o2)cc1. The van der Waals surface area contributed by atoms with Gasteiger partial charge in [0.25, 0.3) is 5.91 Å². The maximum atomic E-state index is 12.5. The quantitative estimate of drug-likeness (QED) is 0.508. The molecular weight excluding hydrogens is 358 g/mol. The Kier molecular flexibility index (Phi) is 4.89. The summed E-state index contributed by atoms with van der Waals surface area (Å²) >= 11 is 1.69. The molecule has 1 N–H and O–H groups in total. The number of benzene rings is 3. The summed E-state index contributed by atoms with van der Waals surface area (Å²) in [6.07, 6.45) is 2.56. The third-order valence-corrected chi connectivity index (χ3v) is 4.96. The van der Waals surface area contributed by atoms with Gasteiger partial charge in [0.2, 0.25) is 5.89 Å². The molecule has 0 fully saturated rings. The van der Waals surface area contributed by atoms with Gasteiger partial charge in [0.15, 0.2) is 0 Å². The minimum absolute atomic E-state index is 0.101. The van der Waals surface area contributed by atoms with Crippen LogP contribution in [0.4, 0.5) is 6.01 Å². The Balaban J connectivity index is 1.45. The number of fused-ring (bicyclic) bond motifs is 1. The van der Waals surface area contributed by atoms with Gasteiger partial charge in [-0.25, -0.2) is 0 Å². The highest BCUT2D eigenvalue weighted by Gasteiger charge is 2.12. The number of anilines is 1. The predicted molar refractivity (Wildman–Crippen MR) is 107 cm³/mol. The van der Waals surface area contributed by atoms with Crippen molar-refractivity contribution in [1.29, 1.82) is 0 Å². The average Bonchev–Trinajstić information content (AvgIpc) is 3.15. The topological polar surface area (TPSA) is 68.0 Å². The van der Waals surface area contributed by atoms with Gasteiger partial charge in [-0.05, 0) is 46.9 Å². The number of nitrogens with zero attached hydrogens (tertiary/aromatic N) is 2. The van der Waals surface area contributed by atoms with Crippen molar-refractivity contribution in [3.63, 3.8) is 0 Å². The maximum Gasteiger partial charge on any atom is 0.322 e. The zero-order chi connectivity index (χ0) is 18.6. The van der Waals surface area contributed by atoms with Crippen LogP contribution in [-0.4, -0.2) is 22.4 Å². The first kappa shape index (κ1) is 17.3. The molecule has 5 nitrogen and oxygen atoms in total. The Labute approximate surface area is 160 Å². The van der Waals surface area contributed by atoms with Crippen molar-refractivity contribution in [3.8, 4) is 0 Å². The van der Waals surface area contributed by atoms with E-state index in [9.17, 15) is 4.79 Å². The molecule has 0 saturated carbocycles. The summed E-state index contributed by atoms with van der Waals surface area (Å²) in [5.74, 6) is 0.181. The van der Waals surface area contributed by atoms with Gasteiger partial charge in [0, 0.05) is 10.5 Å². The molecular formula is C21H17N3O2S. The second kappa shape index (κ2) is 7.63. The van der Waals surface area contributed by atoms with E-state index in [2.05, 4.69) is 27.6 Å². The van der Waals surface area contributed by atoms with Crippen molar-refractivity contribution in [2.45, 2.75) is 11.3 Å². The summed E-state index contributed by atoms with van der Waals surface area (Å²) in [5, 5.41) is 12.7. The first-order valence-electron chi connectivity index (χ1n) is 8.47. The van der Waals surface area contributed by atoms with Crippen molar-refractivity contribution >= 4 is 34.5 Å². The normalized spacial score (nSPS) is 10.9. The molecule has 4 aromatic rings. The zero-order valence-electron chi connectivity index (χ0n) is 14.7. The summed E-state index contributed by atoms with van der Waals surface area (Å²) < 4.78 is 5.56. The Bertz CT molecular complexity index is 1090. The van der Waals surface area contributed by atoms with Gasteiger partial charge in [-0.1, -0.05) is 47.6 Å². The molecule has 0 radical (unpaired) electrons. The van der Waals surface area contributed by atoms with Crippen LogP contribution in [-0.2, 0) is 6.42 Å². The van der Waals surface area contributed by atoms with E-state index in [4.69, 9.17) is 4.42 Å². The van der Waals surface area contributed by atoms with E-state index in [0.29, 0.717) is 17.9 Å². The van der Waals surface area contributed by atoms with Crippen molar-refractivity contribution < 1.29 is 9.21 Å². The second-order valence-electron chi connectivity index (χ2n) is 6.04.